The van der Waals surface area contributed by atoms with Crippen LogP contribution < -0.4 is 5.73 Å². The van der Waals surface area contributed by atoms with Crippen LogP contribution in [0.15, 0.2) is 0 Å². The summed E-state index contributed by atoms with van der Waals surface area (Å²) in [6.45, 7) is 6.37. The Morgan fingerprint density at radius 1 is 1.41 bits per heavy atom. The molecule has 0 spiro atoms. The molecule has 4 heteroatoms. The van der Waals surface area contributed by atoms with Crippen LogP contribution in [-0.4, -0.2) is 40.1 Å². The molecule has 17 heavy (non-hydrogen) atoms. The molecule has 1 aliphatic carbocycles. The number of carbonyl (C=O) groups is 1. The number of rotatable bonds is 5. The highest BCUT2D eigenvalue weighted by Gasteiger charge is 2.33. The molecule has 4 nitrogen and oxygen atoms in total. The van der Waals surface area contributed by atoms with Crippen LogP contribution in [0.2, 0.25) is 0 Å². The number of nitrogens with zero attached hydrogens (tertiary/aromatic N) is 1. The van der Waals surface area contributed by atoms with Gasteiger partial charge in [-0.25, -0.2) is 0 Å². The molecule has 100 valence electrons. The van der Waals surface area contributed by atoms with Crippen LogP contribution >= 0.6 is 0 Å². The van der Waals surface area contributed by atoms with Gasteiger partial charge in [-0.15, -0.1) is 0 Å². The summed E-state index contributed by atoms with van der Waals surface area (Å²) in [5, 5.41) is 9.77. The molecule has 0 saturated heterocycles. The topological polar surface area (TPSA) is 66.6 Å². The largest absolute Gasteiger partial charge is 0.389 e. The third kappa shape index (κ3) is 4.64. The predicted octanol–water partition coefficient (Wildman–Crippen LogP) is 1.27. The Morgan fingerprint density at radius 3 is 2.35 bits per heavy atom. The van der Waals surface area contributed by atoms with E-state index in [9.17, 15) is 9.90 Å². The van der Waals surface area contributed by atoms with E-state index in [1.54, 1.807) is 18.7 Å². The number of amides is 1. The third-order valence-electron chi connectivity index (χ3n) is 3.41. The second-order valence-electron chi connectivity index (χ2n) is 5.97. The van der Waals surface area contributed by atoms with Crippen molar-refractivity contribution in [1.82, 2.24) is 4.90 Å². The molecular weight excluding hydrogens is 216 g/mol. The highest BCUT2D eigenvalue weighted by molar-refractivity contribution is 5.77. The van der Waals surface area contributed by atoms with Crippen molar-refractivity contribution in [1.29, 1.82) is 0 Å². The molecule has 0 bridgehead atoms. The standard InChI is InChI=1S/C13H26N2O2/c1-4-15(10-12(2,3)17)11(16)9-13(14)7-5-6-8-13/h17H,4-10,14H2,1-3H3. The summed E-state index contributed by atoms with van der Waals surface area (Å²) in [7, 11) is 0. The van der Waals surface area contributed by atoms with Crippen molar-refractivity contribution in [2.45, 2.75) is 64.0 Å². The molecule has 0 aromatic carbocycles. The molecule has 0 unspecified atom stereocenters. The summed E-state index contributed by atoms with van der Waals surface area (Å²) >= 11 is 0. The highest BCUT2D eigenvalue weighted by atomic mass is 16.3. The first-order chi connectivity index (χ1) is 7.76. The first kappa shape index (κ1) is 14.5. The van der Waals surface area contributed by atoms with E-state index in [-0.39, 0.29) is 11.4 Å². The fourth-order valence-electron chi connectivity index (χ4n) is 2.51. The second-order valence-corrected chi connectivity index (χ2v) is 5.97. The summed E-state index contributed by atoms with van der Waals surface area (Å²) in [4.78, 5) is 13.8. The van der Waals surface area contributed by atoms with Crippen molar-refractivity contribution in [3.05, 3.63) is 0 Å². The highest BCUT2D eigenvalue weighted by Crippen LogP contribution is 2.30. The third-order valence-corrected chi connectivity index (χ3v) is 3.41. The summed E-state index contributed by atoms with van der Waals surface area (Å²) in [6, 6.07) is 0. The average Bonchev–Trinajstić information content (AvgIpc) is 2.59. The van der Waals surface area contributed by atoms with Gasteiger partial charge in [-0.3, -0.25) is 4.79 Å². The van der Waals surface area contributed by atoms with Crippen molar-refractivity contribution >= 4 is 5.91 Å². The van der Waals surface area contributed by atoms with Gasteiger partial charge in [-0.1, -0.05) is 12.8 Å². The molecular formula is C13H26N2O2. The summed E-state index contributed by atoms with van der Waals surface area (Å²) in [6.07, 6.45) is 4.55. The van der Waals surface area contributed by atoms with Crippen LogP contribution in [0.3, 0.4) is 0 Å². The van der Waals surface area contributed by atoms with E-state index in [1.165, 1.54) is 0 Å². The van der Waals surface area contributed by atoms with Gasteiger partial charge in [0.25, 0.3) is 0 Å². The SMILES string of the molecule is CCN(CC(C)(C)O)C(=O)CC1(N)CCCC1. The van der Waals surface area contributed by atoms with Gasteiger partial charge in [-0.05, 0) is 33.6 Å². The van der Waals surface area contributed by atoms with E-state index in [0.717, 1.165) is 25.7 Å². The molecule has 1 fully saturated rings. The summed E-state index contributed by atoms with van der Waals surface area (Å²) < 4.78 is 0. The number of carbonyl (C=O) groups excluding carboxylic acids is 1. The number of likely N-dealkylation sites (N-methyl/N-ethyl adjacent to an activating group) is 1. The zero-order valence-electron chi connectivity index (χ0n) is 11.3. The van der Waals surface area contributed by atoms with Gasteiger partial charge in [0.15, 0.2) is 0 Å². The van der Waals surface area contributed by atoms with Crippen molar-refractivity contribution in [2.75, 3.05) is 13.1 Å². The lowest BCUT2D eigenvalue weighted by Gasteiger charge is -2.31. The first-order valence-electron chi connectivity index (χ1n) is 6.55. The van der Waals surface area contributed by atoms with Gasteiger partial charge in [0.1, 0.15) is 0 Å². The fourth-order valence-corrected chi connectivity index (χ4v) is 2.51. The monoisotopic (exact) mass is 242 g/mol. The molecule has 1 aliphatic rings. The molecule has 0 aliphatic heterocycles. The minimum atomic E-state index is -0.844. The summed E-state index contributed by atoms with van der Waals surface area (Å²) in [5.41, 5.74) is 5.06. The van der Waals surface area contributed by atoms with E-state index in [2.05, 4.69) is 0 Å². The lowest BCUT2D eigenvalue weighted by atomic mass is 9.93. The molecule has 1 amide bonds. The minimum absolute atomic E-state index is 0.0685. The van der Waals surface area contributed by atoms with E-state index < -0.39 is 5.60 Å². The second kappa shape index (κ2) is 5.36. The molecule has 1 saturated carbocycles. The maximum absolute atomic E-state index is 12.1. The van der Waals surface area contributed by atoms with Gasteiger partial charge in [0.2, 0.25) is 5.91 Å². The van der Waals surface area contributed by atoms with Gasteiger partial charge >= 0.3 is 0 Å². The minimum Gasteiger partial charge on any atom is -0.389 e. The number of hydrogen-bond donors (Lipinski definition) is 2. The molecule has 0 heterocycles. The lowest BCUT2D eigenvalue weighted by Crippen LogP contribution is -2.47. The quantitative estimate of drug-likeness (QED) is 0.763. The van der Waals surface area contributed by atoms with Gasteiger partial charge in [0.05, 0.1) is 5.60 Å². The first-order valence-corrected chi connectivity index (χ1v) is 6.55. The summed E-state index contributed by atoms with van der Waals surface area (Å²) in [5.74, 6) is 0.0685. The van der Waals surface area contributed by atoms with Crippen LogP contribution in [0.4, 0.5) is 0 Å². The Morgan fingerprint density at radius 2 is 1.94 bits per heavy atom. The molecule has 0 aromatic rings. The molecule has 0 atom stereocenters. The van der Waals surface area contributed by atoms with E-state index in [4.69, 9.17) is 5.73 Å². The molecule has 1 rings (SSSR count). The van der Waals surface area contributed by atoms with Crippen molar-refractivity contribution in [3.63, 3.8) is 0 Å². The normalized spacial score (nSPS) is 19.4. The van der Waals surface area contributed by atoms with E-state index in [0.29, 0.717) is 19.5 Å². The van der Waals surface area contributed by atoms with Crippen molar-refractivity contribution in [3.8, 4) is 0 Å². The van der Waals surface area contributed by atoms with Gasteiger partial charge < -0.3 is 15.7 Å². The maximum Gasteiger partial charge on any atom is 0.224 e. The smallest absolute Gasteiger partial charge is 0.224 e. The zero-order valence-corrected chi connectivity index (χ0v) is 11.3. The number of hydrogen-bond acceptors (Lipinski definition) is 3. The van der Waals surface area contributed by atoms with Crippen molar-refractivity contribution in [2.24, 2.45) is 5.73 Å². The van der Waals surface area contributed by atoms with Crippen LogP contribution in [0.5, 0.6) is 0 Å². The Labute approximate surface area is 104 Å². The fraction of sp³-hybridized carbons (Fsp3) is 0.923. The molecule has 0 aromatic heterocycles. The Kier molecular flexibility index (Phi) is 4.55. The van der Waals surface area contributed by atoms with Gasteiger partial charge in [0, 0.05) is 25.0 Å². The maximum atomic E-state index is 12.1. The Bertz CT molecular complexity index is 265. The lowest BCUT2D eigenvalue weighted by molar-refractivity contribution is -0.135. The van der Waals surface area contributed by atoms with E-state index in [1.807, 2.05) is 6.92 Å². The zero-order chi connectivity index (χ0) is 13.1. The van der Waals surface area contributed by atoms with Crippen LogP contribution in [0.1, 0.15) is 52.9 Å². The van der Waals surface area contributed by atoms with Crippen molar-refractivity contribution < 1.29 is 9.90 Å². The number of nitrogens with two attached hydrogens (primary N) is 1. The van der Waals surface area contributed by atoms with Crippen LogP contribution in [0.25, 0.3) is 0 Å². The molecule has 3 N–H and O–H groups in total. The predicted molar refractivity (Wildman–Crippen MR) is 68.6 cm³/mol. The Balaban J connectivity index is 2.54. The number of aliphatic hydroxyl groups is 1. The van der Waals surface area contributed by atoms with Crippen LogP contribution in [-0.2, 0) is 4.79 Å². The average molecular weight is 242 g/mol. The van der Waals surface area contributed by atoms with Crippen LogP contribution in [0, 0.1) is 0 Å². The molecule has 0 radical (unpaired) electrons. The van der Waals surface area contributed by atoms with Gasteiger partial charge in [-0.2, -0.15) is 0 Å². The van der Waals surface area contributed by atoms with E-state index >= 15 is 0 Å². The Hall–Kier alpha value is -0.610.